The normalized spacial score (nSPS) is 22.8. The first-order chi connectivity index (χ1) is 8.59. The lowest BCUT2D eigenvalue weighted by molar-refractivity contribution is 0.0873. The van der Waals surface area contributed by atoms with Gasteiger partial charge < -0.3 is 15.3 Å². The first-order valence-corrected chi connectivity index (χ1v) is 6.20. The molecule has 0 aromatic carbocycles. The largest absolute Gasteiger partial charge is 0.391 e. The Labute approximate surface area is 107 Å². The third-order valence-corrected chi connectivity index (χ3v) is 3.32. The van der Waals surface area contributed by atoms with Gasteiger partial charge in [0.25, 0.3) is 5.91 Å². The van der Waals surface area contributed by atoms with Crippen molar-refractivity contribution in [3.05, 3.63) is 24.0 Å². The Morgan fingerprint density at radius 3 is 2.89 bits per heavy atom. The van der Waals surface area contributed by atoms with E-state index in [0.29, 0.717) is 5.56 Å². The molecular formula is C13H19N3O2. The summed E-state index contributed by atoms with van der Waals surface area (Å²) in [5.41, 5.74) is 1.37. The van der Waals surface area contributed by atoms with Crippen molar-refractivity contribution in [2.45, 2.75) is 31.4 Å². The topological polar surface area (TPSA) is 65.5 Å². The Morgan fingerprint density at radius 2 is 2.28 bits per heavy atom. The van der Waals surface area contributed by atoms with Crippen molar-refractivity contribution in [3.63, 3.8) is 0 Å². The van der Waals surface area contributed by atoms with E-state index >= 15 is 0 Å². The molecule has 2 rings (SSSR count). The molecule has 2 atom stereocenters. The molecule has 5 nitrogen and oxygen atoms in total. The molecule has 98 valence electrons. The molecular weight excluding hydrogens is 230 g/mol. The highest BCUT2D eigenvalue weighted by atomic mass is 16.3. The second-order valence-corrected chi connectivity index (χ2v) is 4.87. The van der Waals surface area contributed by atoms with Crippen molar-refractivity contribution in [1.29, 1.82) is 0 Å². The Kier molecular flexibility index (Phi) is 3.81. The Morgan fingerprint density at radius 1 is 1.50 bits per heavy atom. The molecule has 18 heavy (non-hydrogen) atoms. The summed E-state index contributed by atoms with van der Waals surface area (Å²) in [5, 5.41) is 12.6. The van der Waals surface area contributed by atoms with Crippen LogP contribution in [0.1, 0.15) is 29.6 Å². The van der Waals surface area contributed by atoms with Crippen LogP contribution < -0.4 is 10.2 Å². The predicted octanol–water partition coefficient (Wildman–Crippen LogP) is 0.791. The number of anilines is 1. The van der Waals surface area contributed by atoms with Gasteiger partial charge in [-0.15, -0.1) is 0 Å². The van der Waals surface area contributed by atoms with Gasteiger partial charge in [0.1, 0.15) is 0 Å². The summed E-state index contributed by atoms with van der Waals surface area (Å²) in [6.45, 7) is 0. The van der Waals surface area contributed by atoms with Crippen LogP contribution in [0.4, 0.5) is 5.69 Å². The van der Waals surface area contributed by atoms with Gasteiger partial charge in [0.2, 0.25) is 0 Å². The van der Waals surface area contributed by atoms with Crippen molar-refractivity contribution in [1.82, 2.24) is 10.3 Å². The van der Waals surface area contributed by atoms with E-state index in [1.807, 2.05) is 19.0 Å². The lowest BCUT2D eigenvalue weighted by atomic mass is 10.1. The fraction of sp³-hybridized carbons (Fsp3) is 0.538. The maximum atomic E-state index is 12.2. The van der Waals surface area contributed by atoms with E-state index in [4.69, 9.17) is 0 Å². The van der Waals surface area contributed by atoms with E-state index in [-0.39, 0.29) is 11.9 Å². The molecule has 1 aliphatic carbocycles. The van der Waals surface area contributed by atoms with Crippen LogP contribution in [0.25, 0.3) is 0 Å². The van der Waals surface area contributed by atoms with Gasteiger partial charge in [-0.3, -0.25) is 9.78 Å². The van der Waals surface area contributed by atoms with Gasteiger partial charge >= 0.3 is 0 Å². The van der Waals surface area contributed by atoms with Crippen molar-refractivity contribution in [3.8, 4) is 0 Å². The van der Waals surface area contributed by atoms with Gasteiger partial charge in [-0.05, 0) is 25.3 Å². The standard InChI is InChI=1S/C13H19N3O2/c1-16(2)11-8-14-7-6-9(11)13(18)15-10-4-3-5-12(10)17/h6-8,10,12,17H,3-5H2,1-2H3,(H,15,18)/t10-,12-/m1/s1. The first-order valence-electron chi connectivity index (χ1n) is 6.20. The van der Waals surface area contributed by atoms with Gasteiger partial charge in [-0.25, -0.2) is 0 Å². The molecule has 1 heterocycles. The number of amides is 1. The highest BCUT2D eigenvalue weighted by Gasteiger charge is 2.27. The fourth-order valence-electron chi connectivity index (χ4n) is 2.29. The van der Waals surface area contributed by atoms with Crippen LogP contribution in [0.3, 0.4) is 0 Å². The van der Waals surface area contributed by atoms with Crippen LogP contribution in [0.15, 0.2) is 18.5 Å². The molecule has 2 N–H and O–H groups in total. The molecule has 1 aromatic rings. The number of pyridine rings is 1. The maximum Gasteiger partial charge on any atom is 0.253 e. The average molecular weight is 249 g/mol. The second kappa shape index (κ2) is 5.35. The van der Waals surface area contributed by atoms with Crippen LogP contribution in [0.5, 0.6) is 0 Å². The Balaban J connectivity index is 2.13. The molecule has 1 amide bonds. The smallest absolute Gasteiger partial charge is 0.253 e. The molecule has 1 saturated carbocycles. The van der Waals surface area contributed by atoms with Crippen LogP contribution in [0.2, 0.25) is 0 Å². The molecule has 1 aliphatic rings. The van der Waals surface area contributed by atoms with E-state index < -0.39 is 6.10 Å². The van der Waals surface area contributed by atoms with Crippen LogP contribution in [0, 0.1) is 0 Å². The SMILES string of the molecule is CN(C)c1cnccc1C(=O)N[C@@H]1CCC[C@H]1O. The van der Waals surface area contributed by atoms with E-state index in [2.05, 4.69) is 10.3 Å². The summed E-state index contributed by atoms with van der Waals surface area (Å²) < 4.78 is 0. The summed E-state index contributed by atoms with van der Waals surface area (Å²) in [7, 11) is 3.75. The van der Waals surface area contributed by atoms with Gasteiger partial charge in [0.05, 0.1) is 29.6 Å². The van der Waals surface area contributed by atoms with E-state index in [1.165, 1.54) is 0 Å². The molecule has 5 heteroatoms. The summed E-state index contributed by atoms with van der Waals surface area (Å²) in [6.07, 6.45) is 5.42. The molecule has 0 spiro atoms. The highest BCUT2D eigenvalue weighted by Crippen LogP contribution is 2.21. The van der Waals surface area contributed by atoms with Crippen molar-refractivity contribution >= 4 is 11.6 Å². The minimum absolute atomic E-state index is 0.124. The number of rotatable bonds is 3. The fourth-order valence-corrected chi connectivity index (χ4v) is 2.29. The zero-order chi connectivity index (χ0) is 13.1. The number of hydrogen-bond acceptors (Lipinski definition) is 4. The van der Waals surface area contributed by atoms with Crippen LogP contribution in [-0.2, 0) is 0 Å². The first kappa shape index (κ1) is 12.8. The molecule has 0 unspecified atom stereocenters. The molecule has 1 aromatic heterocycles. The molecule has 0 radical (unpaired) electrons. The second-order valence-electron chi connectivity index (χ2n) is 4.87. The Hall–Kier alpha value is -1.62. The van der Waals surface area contributed by atoms with Crippen molar-refractivity contribution < 1.29 is 9.90 Å². The lowest BCUT2D eigenvalue weighted by Gasteiger charge is -2.20. The van der Waals surface area contributed by atoms with Gasteiger partial charge in [0, 0.05) is 20.3 Å². The molecule has 0 saturated heterocycles. The number of nitrogens with one attached hydrogen (secondary N) is 1. The van der Waals surface area contributed by atoms with E-state index in [9.17, 15) is 9.90 Å². The summed E-state index contributed by atoms with van der Waals surface area (Å²) in [6, 6.07) is 1.58. The zero-order valence-corrected chi connectivity index (χ0v) is 10.8. The number of aliphatic hydroxyl groups is 1. The quantitative estimate of drug-likeness (QED) is 0.831. The zero-order valence-electron chi connectivity index (χ0n) is 10.8. The minimum Gasteiger partial charge on any atom is -0.391 e. The monoisotopic (exact) mass is 249 g/mol. The lowest BCUT2D eigenvalue weighted by Crippen LogP contribution is -2.40. The number of nitrogens with zero attached hydrogens (tertiary/aromatic N) is 2. The van der Waals surface area contributed by atoms with Crippen molar-refractivity contribution in [2.24, 2.45) is 0 Å². The maximum absolute atomic E-state index is 12.2. The van der Waals surface area contributed by atoms with Gasteiger partial charge in [-0.2, -0.15) is 0 Å². The molecule has 1 fully saturated rings. The predicted molar refractivity (Wildman–Crippen MR) is 69.7 cm³/mol. The molecule has 0 bridgehead atoms. The highest BCUT2D eigenvalue weighted by molar-refractivity contribution is 5.99. The number of aromatic nitrogens is 1. The molecule has 0 aliphatic heterocycles. The van der Waals surface area contributed by atoms with Gasteiger partial charge in [0.15, 0.2) is 0 Å². The van der Waals surface area contributed by atoms with E-state index in [1.54, 1.807) is 18.5 Å². The van der Waals surface area contributed by atoms with Gasteiger partial charge in [-0.1, -0.05) is 0 Å². The number of carbonyl (C=O) groups is 1. The van der Waals surface area contributed by atoms with E-state index in [0.717, 1.165) is 24.9 Å². The summed E-state index contributed by atoms with van der Waals surface area (Å²) in [5.74, 6) is -0.146. The van der Waals surface area contributed by atoms with Crippen molar-refractivity contribution in [2.75, 3.05) is 19.0 Å². The number of hydrogen-bond donors (Lipinski definition) is 2. The third kappa shape index (κ3) is 2.61. The Bertz CT molecular complexity index is 434. The number of aliphatic hydroxyl groups excluding tert-OH is 1. The summed E-state index contributed by atoms with van der Waals surface area (Å²) >= 11 is 0. The van der Waals surface area contributed by atoms with Crippen LogP contribution in [-0.4, -0.2) is 42.2 Å². The third-order valence-electron chi connectivity index (χ3n) is 3.32. The summed E-state index contributed by atoms with van der Waals surface area (Å²) in [4.78, 5) is 18.1. The number of carbonyl (C=O) groups excluding carboxylic acids is 1. The van der Waals surface area contributed by atoms with Crippen LogP contribution >= 0.6 is 0 Å². The average Bonchev–Trinajstić information content (AvgIpc) is 2.75. The minimum atomic E-state index is -0.418.